The molecule has 0 spiro atoms. The van der Waals surface area contributed by atoms with Crippen molar-refractivity contribution in [1.29, 1.82) is 0 Å². The molecule has 0 saturated carbocycles. The minimum atomic E-state index is 0.0686. The van der Waals surface area contributed by atoms with E-state index >= 15 is 0 Å². The van der Waals surface area contributed by atoms with Gasteiger partial charge in [-0.1, -0.05) is 0 Å². The van der Waals surface area contributed by atoms with E-state index < -0.39 is 0 Å². The fourth-order valence-electron chi connectivity index (χ4n) is 4.34. The van der Waals surface area contributed by atoms with Crippen molar-refractivity contribution < 1.29 is 9.53 Å². The van der Waals surface area contributed by atoms with E-state index in [2.05, 4.69) is 31.9 Å². The summed E-state index contributed by atoms with van der Waals surface area (Å²) in [5, 5.41) is 3.09. The summed E-state index contributed by atoms with van der Waals surface area (Å²) in [5.74, 6) is 1.18. The monoisotopic (exact) mass is 379 g/mol. The van der Waals surface area contributed by atoms with Crippen molar-refractivity contribution >= 4 is 28.4 Å². The van der Waals surface area contributed by atoms with Gasteiger partial charge in [-0.15, -0.1) is 0 Å². The van der Waals surface area contributed by atoms with E-state index in [0.29, 0.717) is 6.54 Å². The molecule has 5 rings (SSSR count). The van der Waals surface area contributed by atoms with Crippen molar-refractivity contribution in [2.24, 2.45) is 5.92 Å². The van der Waals surface area contributed by atoms with Crippen molar-refractivity contribution in [2.75, 3.05) is 31.1 Å². The van der Waals surface area contributed by atoms with Gasteiger partial charge in [0.2, 0.25) is 5.91 Å². The number of carbonyl (C=O) groups is 1. The number of hydrogen-bond donors (Lipinski definition) is 1. The number of carbonyl (C=O) groups excluding carboxylic acids is 1. The number of fused-ring (bicyclic) bond motifs is 3. The lowest BCUT2D eigenvalue weighted by Gasteiger charge is -2.32. The number of rotatable bonds is 4. The highest BCUT2D eigenvalue weighted by molar-refractivity contribution is 5.83. The van der Waals surface area contributed by atoms with Gasteiger partial charge in [-0.2, -0.15) is 0 Å². The third-order valence-electron chi connectivity index (χ3n) is 5.91. The van der Waals surface area contributed by atoms with E-state index in [1.165, 1.54) is 0 Å². The molecule has 1 atom stereocenters. The number of amides is 1. The van der Waals surface area contributed by atoms with Crippen molar-refractivity contribution in [3.63, 3.8) is 0 Å². The maximum atomic E-state index is 12.5. The van der Waals surface area contributed by atoms with Crippen LogP contribution >= 0.6 is 0 Å². The van der Waals surface area contributed by atoms with Crippen LogP contribution in [0.4, 0.5) is 5.82 Å². The van der Waals surface area contributed by atoms with E-state index in [4.69, 9.17) is 9.72 Å². The first kappa shape index (κ1) is 17.4. The van der Waals surface area contributed by atoms with Gasteiger partial charge in [0.1, 0.15) is 0 Å². The lowest BCUT2D eigenvalue weighted by atomic mass is 9.95. The van der Waals surface area contributed by atoms with Crippen molar-refractivity contribution in [3.8, 4) is 0 Å². The maximum absolute atomic E-state index is 12.5. The van der Waals surface area contributed by atoms with Crippen LogP contribution in [-0.4, -0.2) is 52.6 Å². The Morgan fingerprint density at radius 2 is 2.04 bits per heavy atom. The van der Waals surface area contributed by atoms with Crippen LogP contribution in [0.25, 0.3) is 16.7 Å². The fraction of sp³-hybridized carbons (Fsp3) is 0.476. The number of nitrogens with one attached hydrogen (secondary N) is 1. The van der Waals surface area contributed by atoms with E-state index in [9.17, 15) is 4.79 Å². The maximum Gasteiger partial charge on any atom is 0.223 e. The molecule has 28 heavy (non-hydrogen) atoms. The summed E-state index contributed by atoms with van der Waals surface area (Å²) in [6.45, 7) is 3.11. The van der Waals surface area contributed by atoms with Gasteiger partial charge >= 0.3 is 0 Å². The molecular weight excluding hydrogens is 354 g/mol. The minimum Gasteiger partial charge on any atom is -0.376 e. The van der Waals surface area contributed by atoms with E-state index in [1.807, 2.05) is 18.2 Å². The zero-order valence-corrected chi connectivity index (χ0v) is 15.9. The average molecular weight is 379 g/mol. The zero-order chi connectivity index (χ0) is 18.9. The summed E-state index contributed by atoms with van der Waals surface area (Å²) in [5.41, 5.74) is 2.84. The van der Waals surface area contributed by atoms with Crippen molar-refractivity contribution in [3.05, 3.63) is 36.7 Å². The normalized spacial score (nSPS) is 20.9. The summed E-state index contributed by atoms with van der Waals surface area (Å²) < 4.78 is 7.74. The summed E-state index contributed by atoms with van der Waals surface area (Å²) in [7, 11) is 0. The first-order valence-corrected chi connectivity index (χ1v) is 10.2. The SMILES string of the molecule is O=C(NCC1CCCO1)C1CCN(c2nc3ncccc3n3cccc23)CC1. The molecule has 2 saturated heterocycles. The first-order valence-electron chi connectivity index (χ1n) is 10.2. The molecule has 7 nitrogen and oxygen atoms in total. The van der Waals surface area contributed by atoms with Crippen LogP contribution in [0.1, 0.15) is 25.7 Å². The molecule has 146 valence electrons. The number of aromatic nitrogens is 3. The molecule has 1 amide bonds. The molecule has 3 aromatic rings. The number of piperidine rings is 1. The third-order valence-corrected chi connectivity index (χ3v) is 5.91. The Balaban J connectivity index is 1.28. The second kappa shape index (κ2) is 7.39. The van der Waals surface area contributed by atoms with Crippen LogP contribution < -0.4 is 10.2 Å². The number of anilines is 1. The molecule has 1 N–H and O–H groups in total. The average Bonchev–Trinajstić information content (AvgIpc) is 3.43. The topological polar surface area (TPSA) is 71.8 Å². The zero-order valence-electron chi connectivity index (χ0n) is 15.9. The van der Waals surface area contributed by atoms with Gasteiger partial charge in [-0.3, -0.25) is 4.79 Å². The van der Waals surface area contributed by atoms with E-state index in [-0.39, 0.29) is 17.9 Å². The van der Waals surface area contributed by atoms with Crippen molar-refractivity contribution in [2.45, 2.75) is 31.8 Å². The van der Waals surface area contributed by atoms with Gasteiger partial charge in [0.15, 0.2) is 11.5 Å². The second-order valence-electron chi connectivity index (χ2n) is 7.69. The quantitative estimate of drug-likeness (QED) is 0.754. The Morgan fingerprint density at radius 3 is 2.86 bits per heavy atom. The summed E-state index contributed by atoms with van der Waals surface area (Å²) in [6.07, 6.45) is 7.85. The first-order chi connectivity index (χ1) is 13.8. The molecule has 0 bridgehead atoms. The number of hydrogen-bond acceptors (Lipinski definition) is 5. The molecule has 7 heteroatoms. The van der Waals surface area contributed by atoms with Gasteiger partial charge in [-0.25, -0.2) is 9.97 Å². The Bertz CT molecular complexity index is 987. The minimum absolute atomic E-state index is 0.0686. The van der Waals surface area contributed by atoms with Crippen LogP contribution in [0.15, 0.2) is 36.7 Å². The lowest BCUT2D eigenvalue weighted by Crippen LogP contribution is -2.42. The Kier molecular flexibility index (Phi) is 4.60. The Morgan fingerprint density at radius 1 is 1.18 bits per heavy atom. The Hall–Kier alpha value is -2.67. The molecule has 5 heterocycles. The van der Waals surface area contributed by atoms with Crippen LogP contribution in [0.3, 0.4) is 0 Å². The van der Waals surface area contributed by atoms with Crippen LogP contribution in [-0.2, 0) is 9.53 Å². The largest absolute Gasteiger partial charge is 0.376 e. The molecule has 3 aromatic heterocycles. The number of nitrogens with zero attached hydrogens (tertiary/aromatic N) is 4. The summed E-state index contributed by atoms with van der Waals surface area (Å²) >= 11 is 0. The highest BCUT2D eigenvalue weighted by atomic mass is 16.5. The van der Waals surface area contributed by atoms with Gasteiger partial charge in [0.25, 0.3) is 0 Å². The molecule has 1 unspecified atom stereocenters. The van der Waals surface area contributed by atoms with Gasteiger partial charge in [0, 0.05) is 44.6 Å². The Labute approximate surface area is 163 Å². The number of ether oxygens (including phenoxy) is 1. The van der Waals surface area contributed by atoms with Crippen LogP contribution in [0.5, 0.6) is 0 Å². The second-order valence-corrected chi connectivity index (χ2v) is 7.69. The molecule has 0 aromatic carbocycles. The van der Waals surface area contributed by atoms with Gasteiger partial charge in [-0.05, 0) is 49.9 Å². The highest BCUT2D eigenvalue weighted by Gasteiger charge is 2.27. The summed E-state index contributed by atoms with van der Waals surface area (Å²) in [6, 6.07) is 8.11. The molecule has 2 fully saturated rings. The predicted molar refractivity (Wildman–Crippen MR) is 107 cm³/mol. The van der Waals surface area contributed by atoms with Gasteiger partial charge in [0.05, 0.1) is 17.1 Å². The standard InChI is InChI=1S/C21H25N5O2/c27-21(23-14-16-4-3-13-28-16)15-7-11-25(12-8-15)20-18-6-2-10-26(18)17-5-1-9-22-19(17)24-20/h1-2,5-6,9-10,15-16H,3-4,7-8,11-14H2,(H,23,27). The predicted octanol–water partition coefficient (Wildman–Crippen LogP) is 2.39. The van der Waals surface area contributed by atoms with Gasteiger partial charge < -0.3 is 19.4 Å². The van der Waals surface area contributed by atoms with E-state index in [0.717, 1.165) is 67.9 Å². The fourth-order valence-corrected chi connectivity index (χ4v) is 4.34. The highest BCUT2D eigenvalue weighted by Crippen LogP contribution is 2.28. The molecular formula is C21H25N5O2. The molecule has 2 aliphatic rings. The lowest BCUT2D eigenvalue weighted by molar-refractivity contribution is -0.126. The molecule has 0 aliphatic carbocycles. The summed E-state index contributed by atoms with van der Waals surface area (Å²) in [4.78, 5) is 24.1. The molecule has 2 aliphatic heterocycles. The third kappa shape index (κ3) is 3.20. The van der Waals surface area contributed by atoms with Crippen molar-refractivity contribution in [1.82, 2.24) is 19.7 Å². The molecule has 0 radical (unpaired) electrons. The number of pyridine rings is 1. The van der Waals surface area contributed by atoms with E-state index in [1.54, 1.807) is 6.20 Å². The van der Waals surface area contributed by atoms with Crippen LogP contribution in [0, 0.1) is 5.92 Å². The smallest absolute Gasteiger partial charge is 0.223 e. The van der Waals surface area contributed by atoms with Crippen LogP contribution in [0.2, 0.25) is 0 Å².